The molecule has 0 atom stereocenters. The number of carbonyl (C=O) groups excluding carboxylic acids is 2. The summed E-state index contributed by atoms with van der Waals surface area (Å²) >= 11 is 0. The Balaban J connectivity index is 1.57. The van der Waals surface area contributed by atoms with Crippen LogP contribution in [-0.4, -0.2) is 27.2 Å². The van der Waals surface area contributed by atoms with E-state index >= 15 is 0 Å². The standard InChI is InChI=1S/C19H17FN4O2/c20-13-6-4-12(5-7-13)11-21-19(26)17-23-16(18(25)22-14-8-9-14)15-3-1-2-10-24(15)17/h1-7,10,14H,8-9,11H2,(H,21,26)(H,22,25). The Kier molecular flexibility index (Phi) is 4.12. The third-order valence-electron chi connectivity index (χ3n) is 4.25. The predicted octanol–water partition coefficient (Wildman–Crippen LogP) is 2.30. The fourth-order valence-corrected chi connectivity index (χ4v) is 2.71. The molecule has 6 nitrogen and oxygen atoms in total. The summed E-state index contributed by atoms with van der Waals surface area (Å²) in [5.41, 5.74) is 1.59. The number of benzene rings is 1. The number of imidazole rings is 1. The molecule has 0 saturated heterocycles. The van der Waals surface area contributed by atoms with Crippen LogP contribution in [-0.2, 0) is 6.54 Å². The maximum Gasteiger partial charge on any atom is 0.287 e. The number of hydrogen-bond donors (Lipinski definition) is 2. The molecule has 1 fully saturated rings. The van der Waals surface area contributed by atoms with Crippen LogP contribution in [0.25, 0.3) is 5.52 Å². The SMILES string of the molecule is O=C(NC1CC1)c1nc(C(=O)NCc2ccc(F)cc2)n2ccccc12. The first kappa shape index (κ1) is 16.3. The molecule has 0 unspecified atom stereocenters. The zero-order chi connectivity index (χ0) is 18.1. The molecule has 1 aliphatic carbocycles. The minimum absolute atomic E-state index is 0.142. The van der Waals surface area contributed by atoms with Crippen LogP contribution in [0.15, 0.2) is 48.7 Å². The van der Waals surface area contributed by atoms with E-state index in [-0.39, 0.29) is 35.8 Å². The summed E-state index contributed by atoms with van der Waals surface area (Å²) < 4.78 is 14.6. The second kappa shape index (κ2) is 6.59. The van der Waals surface area contributed by atoms with E-state index in [9.17, 15) is 14.0 Å². The van der Waals surface area contributed by atoms with E-state index < -0.39 is 5.91 Å². The number of pyridine rings is 1. The third-order valence-corrected chi connectivity index (χ3v) is 4.25. The number of halogens is 1. The van der Waals surface area contributed by atoms with Gasteiger partial charge < -0.3 is 10.6 Å². The molecule has 1 aliphatic rings. The quantitative estimate of drug-likeness (QED) is 0.740. The largest absolute Gasteiger partial charge is 0.348 e. The molecule has 26 heavy (non-hydrogen) atoms. The van der Waals surface area contributed by atoms with Crippen LogP contribution in [0.3, 0.4) is 0 Å². The number of carbonyl (C=O) groups is 2. The van der Waals surface area contributed by atoms with Gasteiger partial charge in [0.2, 0.25) is 5.82 Å². The van der Waals surface area contributed by atoms with Crippen molar-refractivity contribution in [1.82, 2.24) is 20.0 Å². The number of hydrogen-bond acceptors (Lipinski definition) is 3. The molecule has 0 aliphatic heterocycles. The van der Waals surface area contributed by atoms with Crippen molar-refractivity contribution in [2.75, 3.05) is 0 Å². The fraction of sp³-hybridized carbons (Fsp3) is 0.211. The summed E-state index contributed by atoms with van der Waals surface area (Å²) in [6.07, 6.45) is 3.65. The first-order chi connectivity index (χ1) is 12.6. The van der Waals surface area contributed by atoms with Gasteiger partial charge in [-0.3, -0.25) is 14.0 Å². The zero-order valence-corrected chi connectivity index (χ0v) is 13.9. The van der Waals surface area contributed by atoms with Gasteiger partial charge in [0, 0.05) is 18.8 Å². The van der Waals surface area contributed by atoms with Crippen LogP contribution >= 0.6 is 0 Å². The van der Waals surface area contributed by atoms with Crippen LogP contribution in [0.4, 0.5) is 4.39 Å². The van der Waals surface area contributed by atoms with Crippen LogP contribution < -0.4 is 10.6 Å². The molecule has 0 radical (unpaired) electrons. The summed E-state index contributed by atoms with van der Waals surface area (Å²) in [6, 6.07) is 11.4. The lowest BCUT2D eigenvalue weighted by atomic mass is 10.2. The molecule has 0 spiro atoms. The number of nitrogens with zero attached hydrogens (tertiary/aromatic N) is 2. The van der Waals surface area contributed by atoms with E-state index in [0.717, 1.165) is 18.4 Å². The maximum atomic E-state index is 13.0. The molecular formula is C19H17FN4O2. The van der Waals surface area contributed by atoms with Crippen molar-refractivity contribution >= 4 is 17.3 Å². The number of rotatable bonds is 5. The van der Waals surface area contributed by atoms with Crippen molar-refractivity contribution < 1.29 is 14.0 Å². The molecule has 2 amide bonds. The van der Waals surface area contributed by atoms with Gasteiger partial charge in [0.15, 0.2) is 5.69 Å². The first-order valence-electron chi connectivity index (χ1n) is 8.42. The molecule has 2 N–H and O–H groups in total. The summed E-state index contributed by atoms with van der Waals surface area (Å²) in [5.74, 6) is -0.857. The van der Waals surface area contributed by atoms with E-state index in [1.165, 1.54) is 12.1 Å². The van der Waals surface area contributed by atoms with Gasteiger partial charge in [0.25, 0.3) is 11.8 Å². The van der Waals surface area contributed by atoms with Crippen molar-refractivity contribution in [3.05, 3.63) is 71.6 Å². The van der Waals surface area contributed by atoms with E-state index in [1.807, 2.05) is 0 Å². The predicted molar refractivity (Wildman–Crippen MR) is 93.3 cm³/mol. The van der Waals surface area contributed by atoms with Crippen LogP contribution in [0.1, 0.15) is 39.5 Å². The molecule has 4 rings (SSSR count). The van der Waals surface area contributed by atoms with Gasteiger partial charge in [-0.2, -0.15) is 0 Å². The van der Waals surface area contributed by atoms with E-state index in [1.54, 1.807) is 40.9 Å². The van der Waals surface area contributed by atoms with Crippen LogP contribution in [0.2, 0.25) is 0 Å². The molecule has 1 saturated carbocycles. The minimum Gasteiger partial charge on any atom is -0.348 e. The van der Waals surface area contributed by atoms with E-state index in [4.69, 9.17) is 0 Å². The van der Waals surface area contributed by atoms with Gasteiger partial charge in [0.05, 0.1) is 5.52 Å². The summed E-state index contributed by atoms with van der Waals surface area (Å²) in [5, 5.41) is 5.65. The van der Waals surface area contributed by atoms with E-state index in [0.29, 0.717) is 5.52 Å². The van der Waals surface area contributed by atoms with Crippen LogP contribution in [0, 0.1) is 5.82 Å². The number of amides is 2. The van der Waals surface area contributed by atoms with Gasteiger partial charge >= 0.3 is 0 Å². The molecule has 1 aromatic carbocycles. The Morgan fingerprint density at radius 1 is 1.12 bits per heavy atom. The van der Waals surface area contributed by atoms with Gasteiger partial charge in [0.1, 0.15) is 5.82 Å². The molecule has 132 valence electrons. The lowest BCUT2D eigenvalue weighted by Crippen LogP contribution is -2.27. The summed E-state index contributed by atoms with van der Waals surface area (Å²) in [4.78, 5) is 29.2. The highest BCUT2D eigenvalue weighted by atomic mass is 19.1. The number of fused-ring (bicyclic) bond motifs is 1. The molecule has 2 aromatic heterocycles. The zero-order valence-electron chi connectivity index (χ0n) is 13.9. The van der Waals surface area contributed by atoms with Crippen molar-refractivity contribution in [2.24, 2.45) is 0 Å². The normalized spacial score (nSPS) is 13.6. The second-order valence-electron chi connectivity index (χ2n) is 6.30. The average molecular weight is 352 g/mol. The second-order valence-corrected chi connectivity index (χ2v) is 6.30. The Bertz CT molecular complexity index is 977. The summed E-state index contributed by atoms with van der Waals surface area (Å²) in [6.45, 7) is 0.241. The smallest absolute Gasteiger partial charge is 0.287 e. The first-order valence-corrected chi connectivity index (χ1v) is 8.42. The average Bonchev–Trinajstić information content (AvgIpc) is 3.38. The lowest BCUT2D eigenvalue weighted by Gasteiger charge is -2.04. The Hall–Kier alpha value is -3.22. The van der Waals surface area contributed by atoms with Gasteiger partial charge in [-0.1, -0.05) is 18.2 Å². The van der Waals surface area contributed by atoms with Crippen molar-refractivity contribution in [2.45, 2.75) is 25.4 Å². The summed E-state index contributed by atoms with van der Waals surface area (Å²) in [7, 11) is 0. The van der Waals surface area contributed by atoms with Crippen LogP contribution in [0.5, 0.6) is 0 Å². The van der Waals surface area contributed by atoms with Gasteiger partial charge in [-0.15, -0.1) is 0 Å². The maximum absolute atomic E-state index is 13.0. The minimum atomic E-state index is -0.402. The Labute approximate surface area is 149 Å². The topological polar surface area (TPSA) is 75.5 Å². The Morgan fingerprint density at radius 3 is 2.62 bits per heavy atom. The highest BCUT2D eigenvalue weighted by Crippen LogP contribution is 2.20. The van der Waals surface area contributed by atoms with Crippen molar-refractivity contribution in [3.63, 3.8) is 0 Å². The van der Waals surface area contributed by atoms with E-state index in [2.05, 4.69) is 15.6 Å². The number of aromatic nitrogens is 2. The molecule has 7 heteroatoms. The molecular weight excluding hydrogens is 335 g/mol. The molecule has 2 heterocycles. The molecule has 0 bridgehead atoms. The third kappa shape index (κ3) is 3.28. The fourth-order valence-electron chi connectivity index (χ4n) is 2.71. The monoisotopic (exact) mass is 352 g/mol. The van der Waals surface area contributed by atoms with Gasteiger partial charge in [-0.25, -0.2) is 9.37 Å². The van der Waals surface area contributed by atoms with Crippen molar-refractivity contribution in [1.29, 1.82) is 0 Å². The number of nitrogens with one attached hydrogen (secondary N) is 2. The van der Waals surface area contributed by atoms with Crippen molar-refractivity contribution in [3.8, 4) is 0 Å². The highest BCUT2D eigenvalue weighted by Gasteiger charge is 2.27. The van der Waals surface area contributed by atoms with Gasteiger partial charge in [-0.05, 0) is 42.7 Å². The highest BCUT2D eigenvalue weighted by molar-refractivity contribution is 6.02. The Morgan fingerprint density at radius 2 is 1.88 bits per heavy atom. The molecule has 3 aromatic rings. The lowest BCUT2D eigenvalue weighted by molar-refractivity contribution is 0.0939.